The van der Waals surface area contributed by atoms with Crippen LogP contribution >= 0.6 is 0 Å². The van der Waals surface area contributed by atoms with Gasteiger partial charge < -0.3 is 5.32 Å². The minimum Gasteiger partial charge on any atom is -0.302 e. The zero-order valence-electron chi connectivity index (χ0n) is 11.6. The number of aryl methyl sites for hydroxylation is 2. The minimum absolute atomic E-state index is 0.360. The molecule has 0 bridgehead atoms. The van der Waals surface area contributed by atoms with Crippen LogP contribution < -0.4 is 5.32 Å². The SMILES string of the molecule is Cc1ccccc1[C@H](C)NC1CCc2cccnc21. The van der Waals surface area contributed by atoms with Gasteiger partial charge >= 0.3 is 0 Å². The van der Waals surface area contributed by atoms with E-state index in [4.69, 9.17) is 0 Å². The molecule has 1 heterocycles. The van der Waals surface area contributed by atoms with E-state index in [0.717, 1.165) is 12.8 Å². The summed E-state index contributed by atoms with van der Waals surface area (Å²) in [5.41, 5.74) is 5.37. The summed E-state index contributed by atoms with van der Waals surface area (Å²) in [7, 11) is 0. The van der Waals surface area contributed by atoms with Gasteiger partial charge in [-0.1, -0.05) is 30.3 Å². The lowest BCUT2D eigenvalue weighted by atomic mass is 10.0. The van der Waals surface area contributed by atoms with Gasteiger partial charge in [0.2, 0.25) is 0 Å². The number of fused-ring (bicyclic) bond motifs is 1. The zero-order chi connectivity index (χ0) is 13.2. The molecule has 0 radical (unpaired) electrons. The number of benzene rings is 1. The van der Waals surface area contributed by atoms with E-state index in [2.05, 4.69) is 54.5 Å². The van der Waals surface area contributed by atoms with Crippen LogP contribution in [-0.2, 0) is 6.42 Å². The molecule has 1 N–H and O–H groups in total. The molecule has 0 aliphatic heterocycles. The molecule has 1 unspecified atom stereocenters. The molecular formula is C17H20N2. The fourth-order valence-electron chi connectivity index (χ4n) is 3.04. The zero-order valence-corrected chi connectivity index (χ0v) is 11.6. The Morgan fingerprint density at radius 3 is 2.89 bits per heavy atom. The highest BCUT2D eigenvalue weighted by Gasteiger charge is 2.25. The van der Waals surface area contributed by atoms with Crippen LogP contribution in [0, 0.1) is 6.92 Å². The summed E-state index contributed by atoms with van der Waals surface area (Å²) < 4.78 is 0. The average Bonchev–Trinajstić information content (AvgIpc) is 2.83. The first-order chi connectivity index (χ1) is 9.25. The summed E-state index contributed by atoms with van der Waals surface area (Å²) >= 11 is 0. The quantitative estimate of drug-likeness (QED) is 0.900. The Kier molecular flexibility index (Phi) is 3.34. The first-order valence-electron chi connectivity index (χ1n) is 7.01. The molecule has 0 spiro atoms. The first kappa shape index (κ1) is 12.4. The number of hydrogen-bond acceptors (Lipinski definition) is 2. The van der Waals surface area contributed by atoms with E-state index in [9.17, 15) is 0 Å². The molecular weight excluding hydrogens is 232 g/mol. The van der Waals surface area contributed by atoms with Gasteiger partial charge in [-0.3, -0.25) is 4.98 Å². The molecule has 0 saturated heterocycles. The third-order valence-corrected chi connectivity index (χ3v) is 4.06. The van der Waals surface area contributed by atoms with Crippen molar-refractivity contribution in [2.45, 2.75) is 38.8 Å². The van der Waals surface area contributed by atoms with Gasteiger partial charge in [0, 0.05) is 12.2 Å². The van der Waals surface area contributed by atoms with Crippen LogP contribution in [0.15, 0.2) is 42.6 Å². The van der Waals surface area contributed by atoms with E-state index in [1.165, 1.54) is 22.4 Å². The number of nitrogens with zero attached hydrogens (tertiary/aromatic N) is 1. The standard InChI is InChI=1S/C17H20N2/c1-12-6-3-4-8-15(12)13(2)19-16-10-9-14-7-5-11-18-17(14)16/h3-8,11,13,16,19H,9-10H2,1-2H3/t13-,16?/m0/s1. The van der Waals surface area contributed by atoms with E-state index in [0.29, 0.717) is 12.1 Å². The summed E-state index contributed by atoms with van der Waals surface area (Å²) in [4.78, 5) is 4.55. The molecule has 0 fully saturated rings. The molecule has 98 valence electrons. The van der Waals surface area contributed by atoms with Crippen molar-refractivity contribution < 1.29 is 0 Å². The molecule has 2 nitrogen and oxygen atoms in total. The second kappa shape index (κ2) is 5.14. The first-order valence-corrected chi connectivity index (χ1v) is 7.01. The van der Waals surface area contributed by atoms with Crippen LogP contribution in [0.1, 0.15) is 47.8 Å². The van der Waals surface area contributed by atoms with E-state index >= 15 is 0 Å². The molecule has 2 atom stereocenters. The Hall–Kier alpha value is -1.67. The monoisotopic (exact) mass is 252 g/mol. The summed E-state index contributed by atoms with van der Waals surface area (Å²) in [5, 5.41) is 3.73. The molecule has 1 aromatic carbocycles. The lowest BCUT2D eigenvalue weighted by molar-refractivity contribution is 0.457. The van der Waals surface area contributed by atoms with Gasteiger partial charge in [-0.2, -0.15) is 0 Å². The number of pyridine rings is 1. The third-order valence-electron chi connectivity index (χ3n) is 4.06. The highest BCUT2D eigenvalue weighted by Crippen LogP contribution is 2.31. The molecule has 3 rings (SSSR count). The van der Waals surface area contributed by atoms with Crippen LogP contribution in [0.3, 0.4) is 0 Å². The topological polar surface area (TPSA) is 24.9 Å². The van der Waals surface area contributed by atoms with Crippen molar-refractivity contribution in [3.63, 3.8) is 0 Å². The Morgan fingerprint density at radius 1 is 1.21 bits per heavy atom. The predicted molar refractivity (Wildman–Crippen MR) is 78.0 cm³/mol. The average molecular weight is 252 g/mol. The second-order valence-electron chi connectivity index (χ2n) is 5.38. The molecule has 1 aromatic heterocycles. The van der Waals surface area contributed by atoms with Gasteiger partial charge in [0.1, 0.15) is 0 Å². The molecule has 0 amide bonds. The largest absolute Gasteiger partial charge is 0.302 e. The summed E-state index contributed by atoms with van der Waals surface area (Å²) in [5.74, 6) is 0. The van der Waals surface area contributed by atoms with E-state index in [1.54, 1.807) is 0 Å². The highest BCUT2D eigenvalue weighted by molar-refractivity contribution is 5.31. The summed E-state index contributed by atoms with van der Waals surface area (Å²) in [6.45, 7) is 4.41. The van der Waals surface area contributed by atoms with Crippen molar-refractivity contribution in [1.82, 2.24) is 10.3 Å². The van der Waals surface area contributed by atoms with Crippen LogP contribution in [0.4, 0.5) is 0 Å². The van der Waals surface area contributed by atoms with Crippen molar-refractivity contribution in [1.29, 1.82) is 0 Å². The molecule has 2 aromatic rings. The smallest absolute Gasteiger partial charge is 0.0605 e. The highest BCUT2D eigenvalue weighted by atomic mass is 15.0. The molecule has 1 aliphatic carbocycles. The van der Waals surface area contributed by atoms with Crippen LogP contribution in [-0.4, -0.2) is 4.98 Å². The number of hydrogen-bond donors (Lipinski definition) is 1. The van der Waals surface area contributed by atoms with Gasteiger partial charge in [0.05, 0.1) is 11.7 Å². The van der Waals surface area contributed by atoms with Crippen LogP contribution in [0.2, 0.25) is 0 Å². The van der Waals surface area contributed by atoms with Gasteiger partial charge in [-0.15, -0.1) is 0 Å². The summed E-state index contributed by atoms with van der Waals surface area (Å²) in [6, 6.07) is 13.6. The lowest BCUT2D eigenvalue weighted by Crippen LogP contribution is -2.24. The van der Waals surface area contributed by atoms with E-state index in [1.807, 2.05) is 12.3 Å². The molecule has 1 aliphatic rings. The molecule has 0 saturated carbocycles. The fourth-order valence-corrected chi connectivity index (χ4v) is 3.04. The normalized spacial score (nSPS) is 19.2. The van der Waals surface area contributed by atoms with Gasteiger partial charge in [-0.25, -0.2) is 0 Å². The lowest BCUT2D eigenvalue weighted by Gasteiger charge is -2.21. The second-order valence-corrected chi connectivity index (χ2v) is 5.38. The third kappa shape index (κ3) is 2.41. The van der Waals surface area contributed by atoms with Crippen molar-refractivity contribution in [3.8, 4) is 0 Å². The Bertz CT molecular complexity index is 577. The van der Waals surface area contributed by atoms with E-state index in [-0.39, 0.29) is 0 Å². The van der Waals surface area contributed by atoms with Crippen LogP contribution in [0.25, 0.3) is 0 Å². The maximum Gasteiger partial charge on any atom is 0.0605 e. The van der Waals surface area contributed by atoms with Crippen molar-refractivity contribution in [2.75, 3.05) is 0 Å². The number of nitrogens with one attached hydrogen (secondary N) is 1. The fraction of sp³-hybridized carbons (Fsp3) is 0.353. The molecule has 19 heavy (non-hydrogen) atoms. The maximum atomic E-state index is 4.55. The van der Waals surface area contributed by atoms with Gasteiger partial charge in [0.25, 0.3) is 0 Å². The van der Waals surface area contributed by atoms with Crippen molar-refractivity contribution in [3.05, 3.63) is 65.0 Å². The van der Waals surface area contributed by atoms with Crippen LogP contribution in [0.5, 0.6) is 0 Å². The number of aromatic nitrogens is 1. The van der Waals surface area contributed by atoms with Gasteiger partial charge in [0.15, 0.2) is 0 Å². The Morgan fingerprint density at radius 2 is 2.05 bits per heavy atom. The Balaban J connectivity index is 1.78. The van der Waals surface area contributed by atoms with Crippen molar-refractivity contribution >= 4 is 0 Å². The predicted octanol–water partition coefficient (Wildman–Crippen LogP) is 3.73. The molecule has 2 heteroatoms. The van der Waals surface area contributed by atoms with E-state index < -0.39 is 0 Å². The van der Waals surface area contributed by atoms with Crippen molar-refractivity contribution in [2.24, 2.45) is 0 Å². The maximum absolute atomic E-state index is 4.55. The Labute approximate surface area is 114 Å². The minimum atomic E-state index is 0.360. The van der Waals surface area contributed by atoms with Gasteiger partial charge in [-0.05, 0) is 49.4 Å². The summed E-state index contributed by atoms with van der Waals surface area (Å²) in [6.07, 6.45) is 4.20. The number of rotatable bonds is 3.